The van der Waals surface area contributed by atoms with Crippen molar-refractivity contribution in [1.29, 1.82) is 0 Å². The van der Waals surface area contributed by atoms with Gasteiger partial charge in [-0.15, -0.1) is 0 Å². The summed E-state index contributed by atoms with van der Waals surface area (Å²) in [5.74, 6) is 1.03. The molecule has 0 bridgehead atoms. The number of aromatic nitrogens is 3. The van der Waals surface area contributed by atoms with Crippen LogP contribution in [0.25, 0.3) is 5.52 Å². The van der Waals surface area contributed by atoms with E-state index in [0.29, 0.717) is 6.04 Å². The molecule has 1 aliphatic rings. The Morgan fingerprint density at radius 2 is 2.20 bits per heavy atom. The van der Waals surface area contributed by atoms with E-state index in [2.05, 4.69) is 53.3 Å². The second-order valence-corrected chi connectivity index (χ2v) is 6.98. The maximum Gasteiger partial charge on any atom is 0.144 e. The second-order valence-electron chi connectivity index (χ2n) is 6.98. The third-order valence-electron chi connectivity index (χ3n) is 5.13. The smallest absolute Gasteiger partial charge is 0.144 e. The largest absolute Gasteiger partial charge is 0.369 e. The normalized spacial score (nSPS) is 17.8. The molecule has 0 spiro atoms. The van der Waals surface area contributed by atoms with Gasteiger partial charge in [0.1, 0.15) is 13.7 Å². The minimum absolute atomic E-state index is 0.589. The molecule has 1 N–H and O–H groups in total. The van der Waals surface area contributed by atoms with E-state index in [0.717, 1.165) is 24.5 Å². The van der Waals surface area contributed by atoms with Gasteiger partial charge in [0.05, 0.1) is 5.52 Å². The maximum absolute atomic E-state index is 4.56. The molecule has 0 amide bonds. The van der Waals surface area contributed by atoms with Gasteiger partial charge in [-0.3, -0.25) is 4.98 Å². The Morgan fingerprint density at radius 1 is 1.28 bits per heavy atom. The Morgan fingerprint density at radius 3 is 3.00 bits per heavy atom. The number of hydrogen-bond acceptors (Lipinski definition) is 4. The number of piperidine rings is 1. The van der Waals surface area contributed by atoms with Gasteiger partial charge in [0.2, 0.25) is 0 Å². The minimum atomic E-state index is 0.589. The average Bonchev–Trinajstić information content (AvgIpc) is 3.02. The summed E-state index contributed by atoms with van der Waals surface area (Å²) < 4.78 is 2.00. The Kier molecular flexibility index (Phi) is 4.34. The van der Waals surface area contributed by atoms with Gasteiger partial charge in [-0.05, 0) is 49.3 Å². The molecule has 1 fully saturated rings. The highest BCUT2D eigenvalue weighted by Gasteiger charge is 2.20. The van der Waals surface area contributed by atoms with Gasteiger partial charge >= 0.3 is 0 Å². The zero-order valence-corrected chi connectivity index (χ0v) is 14.9. The summed E-state index contributed by atoms with van der Waals surface area (Å²) in [5, 5.41) is 8.10. The number of pyridine rings is 2. The highest BCUT2D eigenvalue weighted by Crippen LogP contribution is 2.28. The second kappa shape index (κ2) is 6.79. The number of fused-ring (bicyclic) bond motifs is 1. The van der Waals surface area contributed by atoms with E-state index in [-0.39, 0.29) is 0 Å². The molecule has 4 rings (SSSR count). The van der Waals surface area contributed by atoms with Gasteiger partial charge in [0.15, 0.2) is 0 Å². The number of nitrogens with zero attached hydrogens (tertiary/aromatic N) is 4. The molecule has 128 valence electrons. The predicted octanol–water partition coefficient (Wildman–Crippen LogP) is 1.98. The third kappa shape index (κ3) is 3.21. The van der Waals surface area contributed by atoms with E-state index >= 15 is 0 Å². The molecule has 0 radical (unpaired) electrons. The molecular weight excluding hydrogens is 309 g/mol. The first-order valence-electron chi connectivity index (χ1n) is 9.10. The Labute approximate surface area is 149 Å². The highest BCUT2D eigenvalue weighted by molar-refractivity contribution is 6.36. The van der Waals surface area contributed by atoms with Crippen LogP contribution in [0.15, 0.2) is 42.9 Å². The van der Waals surface area contributed by atoms with Gasteiger partial charge in [-0.25, -0.2) is 4.52 Å². The molecule has 0 aliphatic carbocycles. The lowest BCUT2D eigenvalue weighted by atomic mass is 9.97. The lowest BCUT2D eigenvalue weighted by Gasteiger charge is -2.35. The van der Waals surface area contributed by atoms with Crippen molar-refractivity contribution in [2.75, 3.05) is 16.8 Å². The molecule has 1 saturated heterocycles. The molecule has 1 atom stereocenters. The molecule has 5 nitrogen and oxygen atoms in total. The summed E-state index contributed by atoms with van der Waals surface area (Å²) in [4.78, 5) is 6.73. The van der Waals surface area contributed by atoms with Crippen molar-refractivity contribution in [1.82, 2.24) is 14.6 Å². The lowest BCUT2D eigenvalue weighted by Crippen LogP contribution is -2.37. The fourth-order valence-electron chi connectivity index (χ4n) is 3.66. The molecular formula is C19H24BN5. The third-order valence-corrected chi connectivity index (χ3v) is 5.13. The Bertz CT molecular complexity index is 861. The van der Waals surface area contributed by atoms with Crippen molar-refractivity contribution in [3.8, 4) is 0 Å². The van der Waals surface area contributed by atoms with E-state index in [9.17, 15) is 0 Å². The minimum Gasteiger partial charge on any atom is -0.369 e. The molecule has 3 aromatic heterocycles. The van der Waals surface area contributed by atoms with Gasteiger partial charge in [-0.2, -0.15) is 5.10 Å². The number of rotatable bonds is 4. The first kappa shape index (κ1) is 16.0. The van der Waals surface area contributed by atoms with Gasteiger partial charge < -0.3 is 10.2 Å². The van der Waals surface area contributed by atoms with Crippen LogP contribution in [0.3, 0.4) is 0 Å². The number of nitrogens with one attached hydrogen (secondary N) is 1. The summed E-state index contributed by atoms with van der Waals surface area (Å²) >= 11 is 0. The summed E-state index contributed by atoms with van der Waals surface area (Å²) in [6.45, 7) is 4.20. The van der Waals surface area contributed by atoms with Crippen LogP contribution < -0.4 is 15.7 Å². The first-order chi connectivity index (χ1) is 12.2. The highest BCUT2D eigenvalue weighted by atomic mass is 15.3. The molecule has 25 heavy (non-hydrogen) atoms. The standard InChI is InChI=1S/C19H24BN5/c1-14-5-2-3-8-24(14)16-9-18-17(20)13-23-25(18)19(10-16)22-12-15-6-4-7-21-11-15/h4,6-7,9-11,13-14,22H,2-3,5,8,12,20H2,1H3. The van der Waals surface area contributed by atoms with Crippen LogP contribution >= 0.6 is 0 Å². The van der Waals surface area contributed by atoms with E-state index in [4.69, 9.17) is 0 Å². The molecule has 6 heteroatoms. The van der Waals surface area contributed by atoms with Crippen molar-refractivity contribution in [3.05, 3.63) is 48.4 Å². The van der Waals surface area contributed by atoms with E-state index in [1.54, 1.807) is 6.20 Å². The van der Waals surface area contributed by atoms with Crippen molar-refractivity contribution < 1.29 is 0 Å². The van der Waals surface area contributed by atoms with Crippen LogP contribution in [0.2, 0.25) is 0 Å². The van der Waals surface area contributed by atoms with Crippen molar-refractivity contribution in [3.63, 3.8) is 0 Å². The topological polar surface area (TPSA) is 45.5 Å². The van der Waals surface area contributed by atoms with Crippen molar-refractivity contribution in [2.45, 2.75) is 38.8 Å². The SMILES string of the molecule is Bc1cnn2c(NCc3cccnc3)cc(N3CCCCC3C)cc12. The van der Waals surface area contributed by atoms with Crippen LogP contribution in [0.5, 0.6) is 0 Å². The zero-order chi connectivity index (χ0) is 17.2. The van der Waals surface area contributed by atoms with Crippen LogP contribution in [0, 0.1) is 0 Å². The summed E-state index contributed by atoms with van der Waals surface area (Å²) in [6.07, 6.45) is 9.51. The van der Waals surface area contributed by atoms with Crippen LogP contribution in [-0.4, -0.2) is 35.0 Å². The van der Waals surface area contributed by atoms with E-state index in [1.807, 2.05) is 23.0 Å². The van der Waals surface area contributed by atoms with E-state index < -0.39 is 0 Å². The average molecular weight is 333 g/mol. The fraction of sp³-hybridized carbons (Fsp3) is 0.368. The fourth-order valence-corrected chi connectivity index (χ4v) is 3.66. The number of hydrogen-bond donors (Lipinski definition) is 1. The zero-order valence-electron chi connectivity index (χ0n) is 14.9. The molecule has 1 unspecified atom stereocenters. The van der Waals surface area contributed by atoms with Crippen LogP contribution in [0.1, 0.15) is 31.7 Å². The molecule has 0 aromatic carbocycles. The summed E-state index contributed by atoms with van der Waals surface area (Å²) in [5.41, 5.74) is 4.83. The molecule has 4 heterocycles. The summed E-state index contributed by atoms with van der Waals surface area (Å²) in [6, 6.07) is 9.15. The first-order valence-corrected chi connectivity index (χ1v) is 9.10. The molecule has 1 aliphatic heterocycles. The van der Waals surface area contributed by atoms with Crippen molar-refractivity contribution >= 4 is 30.3 Å². The van der Waals surface area contributed by atoms with Crippen LogP contribution in [0.4, 0.5) is 11.5 Å². The quantitative estimate of drug-likeness (QED) is 0.742. The monoisotopic (exact) mass is 333 g/mol. The van der Waals surface area contributed by atoms with Crippen LogP contribution in [-0.2, 0) is 6.54 Å². The van der Waals surface area contributed by atoms with E-state index in [1.165, 1.54) is 35.9 Å². The van der Waals surface area contributed by atoms with Crippen molar-refractivity contribution in [2.24, 2.45) is 0 Å². The lowest BCUT2D eigenvalue weighted by molar-refractivity contribution is 0.485. The Balaban J connectivity index is 1.69. The van der Waals surface area contributed by atoms with Gasteiger partial charge in [0.25, 0.3) is 0 Å². The molecule has 0 saturated carbocycles. The number of anilines is 2. The predicted molar refractivity (Wildman–Crippen MR) is 106 cm³/mol. The molecule has 3 aromatic rings. The van der Waals surface area contributed by atoms with Gasteiger partial charge in [-0.1, -0.05) is 6.07 Å². The van der Waals surface area contributed by atoms with Gasteiger partial charge in [0, 0.05) is 49.5 Å². The maximum atomic E-state index is 4.56. The Hall–Kier alpha value is -2.50. The summed E-state index contributed by atoms with van der Waals surface area (Å²) in [7, 11) is 2.12.